The minimum Gasteiger partial charge on any atom is -0.507 e. The van der Waals surface area contributed by atoms with Crippen LogP contribution in [0.4, 0.5) is 0 Å². The van der Waals surface area contributed by atoms with E-state index in [1.165, 1.54) is 0 Å². The third-order valence-electron chi connectivity index (χ3n) is 4.15. The van der Waals surface area contributed by atoms with E-state index in [1.54, 1.807) is 0 Å². The zero-order valence-corrected chi connectivity index (χ0v) is 12.6. The van der Waals surface area contributed by atoms with E-state index < -0.39 is 0 Å². The van der Waals surface area contributed by atoms with Crippen molar-refractivity contribution in [1.29, 1.82) is 0 Å². The molecule has 0 aliphatic heterocycles. The van der Waals surface area contributed by atoms with Crippen LogP contribution in [0.5, 0.6) is 5.75 Å². The van der Waals surface area contributed by atoms with Crippen LogP contribution in [0.15, 0.2) is 91.0 Å². The van der Waals surface area contributed by atoms with Crippen molar-refractivity contribution in [2.75, 3.05) is 0 Å². The molecule has 0 amide bonds. The Morgan fingerprint density at radius 2 is 1.04 bits per heavy atom. The maximum Gasteiger partial charge on any atom is 0.124 e. The van der Waals surface area contributed by atoms with Crippen LogP contribution < -0.4 is 0 Å². The number of hydrogen-bond donors (Lipinski definition) is 1. The Labute approximate surface area is 135 Å². The molecule has 0 aromatic heterocycles. The second kappa shape index (κ2) is 5.62. The van der Waals surface area contributed by atoms with Gasteiger partial charge in [-0.15, -0.1) is 0 Å². The molecule has 0 aliphatic rings. The molecule has 0 aliphatic carbocycles. The lowest BCUT2D eigenvalue weighted by atomic mass is 9.89. The van der Waals surface area contributed by atoms with Crippen LogP contribution in [0.3, 0.4) is 0 Å². The molecule has 1 N–H and O–H groups in total. The smallest absolute Gasteiger partial charge is 0.124 e. The van der Waals surface area contributed by atoms with Gasteiger partial charge in [-0.2, -0.15) is 0 Å². The SMILES string of the molecule is Oc1cc2ccccc2c(-c2ccccc2)c1-c1ccccc1. The predicted molar refractivity (Wildman–Crippen MR) is 96.5 cm³/mol. The molecule has 1 nitrogen and oxygen atoms in total. The summed E-state index contributed by atoms with van der Waals surface area (Å²) in [6.45, 7) is 0. The van der Waals surface area contributed by atoms with Gasteiger partial charge in [0.05, 0.1) is 0 Å². The monoisotopic (exact) mass is 296 g/mol. The van der Waals surface area contributed by atoms with Gasteiger partial charge in [-0.05, 0) is 28.0 Å². The molecule has 0 saturated heterocycles. The Balaban J connectivity index is 2.15. The molecular weight excluding hydrogens is 280 g/mol. The van der Waals surface area contributed by atoms with Gasteiger partial charge in [-0.25, -0.2) is 0 Å². The standard InChI is InChI=1S/C22H16O/c23-20-15-18-13-7-8-14-19(18)21(16-9-3-1-4-10-16)22(20)17-11-5-2-6-12-17/h1-15,23H. The van der Waals surface area contributed by atoms with E-state index in [-0.39, 0.29) is 0 Å². The molecule has 0 atom stereocenters. The number of fused-ring (bicyclic) bond motifs is 1. The van der Waals surface area contributed by atoms with E-state index in [9.17, 15) is 5.11 Å². The van der Waals surface area contributed by atoms with Crippen molar-refractivity contribution in [2.24, 2.45) is 0 Å². The van der Waals surface area contributed by atoms with Gasteiger partial charge in [-0.1, -0.05) is 84.9 Å². The van der Waals surface area contributed by atoms with Crippen LogP contribution in [0.25, 0.3) is 33.0 Å². The minimum absolute atomic E-state index is 0.314. The molecule has 0 saturated carbocycles. The molecule has 0 unspecified atom stereocenters. The molecule has 0 heterocycles. The average molecular weight is 296 g/mol. The van der Waals surface area contributed by atoms with Crippen molar-refractivity contribution in [3.05, 3.63) is 91.0 Å². The quantitative estimate of drug-likeness (QED) is 0.490. The number of phenolic OH excluding ortho intramolecular Hbond substituents is 1. The first-order valence-electron chi connectivity index (χ1n) is 7.70. The highest BCUT2D eigenvalue weighted by molar-refractivity contribution is 6.06. The lowest BCUT2D eigenvalue weighted by Crippen LogP contribution is -1.89. The van der Waals surface area contributed by atoms with E-state index in [0.29, 0.717) is 5.75 Å². The molecular formula is C22H16O. The van der Waals surface area contributed by atoms with Crippen molar-refractivity contribution in [3.63, 3.8) is 0 Å². The van der Waals surface area contributed by atoms with Crippen molar-refractivity contribution >= 4 is 10.8 Å². The van der Waals surface area contributed by atoms with Crippen LogP contribution >= 0.6 is 0 Å². The summed E-state index contributed by atoms with van der Waals surface area (Å²) in [5, 5.41) is 12.9. The van der Waals surface area contributed by atoms with E-state index in [2.05, 4.69) is 18.2 Å². The van der Waals surface area contributed by atoms with Gasteiger partial charge in [0, 0.05) is 11.1 Å². The average Bonchev–Trinajstić information content (AvgIpc) is 2.62. The van der Waals surface area contributed by atoms with Gasteiger partial charge in [0.2, 0.25) is 0 Å². The van der Waals surface area contributed by atoms with E-state index in [4.69, 9.17) is 0 Å². The molecule has 4 aromatic rings. The fourth-order valence-corrected chi connectivity index (χ4v) is 3.13. The van der Waals surface area contributed by atoms with Gasteiger partial charge in [0.25, 0.3) is 0 Å². The lowest BCUT2D eigenvalue weighted by molar-refractivity contribution is 0.478. The second-order valence-electron chi connectivity index (χ2n) is 5.60. The fourth-order valence-electron chi connectivity index (χ4n) is 3.13. The molecule has 4 aromatic carbocycles. The highest BCUT2D eigenvalue weighted by atomic mass is 16.3. The van der Waals surface area contributed by atoms with Crippen LogP contribution in [0.1, 0.15) is 0 Å². The summed E-state index contributed by atoms with van der Waals surface area (Å²) in [4.78, 5) is 0. The van der Waals surface area contributed by atoms with E-state index in [0.717, 1.165) is 33.0 Å². The summed E-state index contributed by atoms with van der Waals surface area (Å²) in [6, 6.07) is 30.4. The van der Waals surface area contributed by atoms with E-state index in [1.807, 2.05) is 72.8 Å². The second-order valence-corrected chi connectivity index (χ2v) is 5.60. The summed E-state index contributed by atoms with van der Waals surface area (Å²) in [6.07, 6.45) is 0. The van der Waals surface area contributed by atoms with Crippen molar-refractivity contribution in [1.82, 2.24) is 0 Å². The van der Waals surface area contributed by atoms with E-state index >= 15 is 0 Å². The van der Waals surface area contributed by atoms with Gasteiger partial charge < -0.3 is 5.11 Å². The predicted octanol–water partition coefficient (Wildman–Crippen LogP) is 5.88. The fraction of sp³-hybridized carbons (Fsp3) is 0. The number of hydrogen-bond acceptors (Lipinski definition) is 1. The molecule has 23 heavy (non-hydrogen) atoms. The Kier molecular flexibility index (Phi) is 3.32. The Bertz CT molecular complexity index is 957. The molecule has 110 valence electrons. The van der Waals surface area contributed by atoms with Gasteiger partial charge in [0.1, 0.15) is 5.75 Å². The zero-order chi connectivity index (χ0) is 15.6. The highest BCUT2D eigenvalue weighted by Gasteiger charge is 2.15. The van der Waals surface area contributed by atoms with Crippen molar-refractivity contribution in [3.8, 4) is 28.0 Å². The molecule has 0 spiro atoms. The van der Waals surface area contributed by atoms with Crippen molar-refractivity contribution < 1.29 is 5.11 Å². The first-order chi connectivity index (χ1) is 11.3. The van der Waals surface area contributed by atoms with Crippen LogP contribution in [-0.4, -0.2) is 5.11 Å². The Morgan fingerprint density at radius 1 is 0.522 bits per heavy atom. The number of phenols is 1. The topological polar surface area (TPSA) is 20.2 Å². The summed E-state index contributed by atoms with van der Waals surface area (Å²) in [5.41, 5.74) is 4.09. The minimum atomic E-state index is 0.314. The van der Waals surface area contributed by atoms with Gasteiger partial charge in [-0.3, -0.25) is 0 Å². The summed E-state index contributed by atoms with van der Waals surface area (Å²) >= 11 is 0. The molecule has 0 bridgehead atoms. The number of rotatable bonds is 2. The van der Waals surface area contributed by atoms with Crippen LogP contribution in [0, 0.1) is 0 Å². The third kappa shape index (κ3) is 2.36. The zero-order valence-electron chi connectivity index (χ0n) is 12.6. The van der Waals surface area contributed by atoms with Gasteiger partial charge >= 0.3 is 0 Å². The summed E-state index contributed by atoms with van der Waals surface area (Å²) in [7, 11) is 0. The molecule has 1 heteroatoms. The Morgan fingerprint density at radius 3 is 1.70 bits per heavy atom. The molecule has 0 fully saturated rings. The lowest BCUT2D eigenvalue weighted by Gasteiger charge is -2.16. The Hall–Kier alpha value is -3.06. The van der Waals surface area contributed by atoms with Crippen LogP contribution in [-0.2, 0) is 0 Å². The maximum atomic E-state index is 10.7. The first kappa shape index (κ1) is 13.6. The first-order valence-corrected chi connectivity index (χ1v) is 7.70. The normalized spacial score (nSPS) is 10.8. The maximum absolute atomic E-state index is 10.7. The molecule has 4 rings (SSSR count). The number of benzene rings is 4. The van der Waals surface area contributed by atoms with Gasteiger partial charge in [0.15, 0.2) is 0 Å². The summed E-state index contributed by atoms with van der Waals surface area (Å²) in [5.74, 6) is 0.314. The highest BCUT2D eigenvalue weighted by Crippen LogP contribution is 2.43. The van der Waals surface area contributed by atoms with Crippen LogP contribution in [0.2, 0.25) is 0 Å². The summed E-state index contributed by atoms with van der Waals surface area (Å²) < 4.78 is 0. The number of aromatic hydroxyl groups is 1. The van der Waals surface area contributed by atoms with Crippen molar-refractivity contribution in [2.45, 2.75) is 0 Å². The third-order valence-corrected chi connectivity index (χ3v) is 4.15. The molecule has 0 radical (unpaired) electrons. The largest absolute Gasteiger partial charge is 0.507 e.